The van der Waals surface area contributed by atoms with Crippen molar-refractivity contribution in [2.24, 2.45) is 0 Å². The van der Waals surface area contributed by atoms with Crippen molar-refractivity contribution in [1.29, 1.82) is 0 Å². The Morgan fingerprint density at radius 3 is 2.74 bits per heavy atom. The normalized spacial score (nSPS) is 21.0. The Bertz CT molecular complexity index is 1210. The molecular weight excluding hydrogens is 448 g/mol. The lowest BCUT2D eigenvalue weighted by atomic mass is 9.89. The fraction of sp³-hybridized carbons (Fsp3) is 0.417. The molecule has 4 aromatic rings. The van der Waals surface area contributed by atoms with Crippen LogP contribution in [0.3, 0.4) is 0 Å². The summed E-state index contributed by atoms with van der Waals surface area (Å²) in [5, 5.41) is 19.7. The Kier molecular flexibility index (Phi) is 5.86. The molecule has 34 heavy (non-hydrogen) atoms. The number of nitrogens with zero attached hydrogens (tertiary/aromatic N) is 6. The van der Waals surface area contributed by atoms with Crippen molar-refractivity contribution in [2.75, 3.05) is 43.5 Å². The zero-order valence-corrected chi connectivity index (χ0v) is 20.0. The maximum Gasteiger partial charge on any atom is 0.206 e. The molecule has 2 aliphatic rings. The lowest BCUT2D eigenvalue weighted by Crippen LogP contribution is -2.46. The standard InChI is InChI=1S/C24H28N8OS/c1-33-18-12-17(13-18)25-16-6-7-19(24-27-29-30-28-24)21(14-16)32-10-8-31(9-11-32)15-23-26-20-4-2-3-5-22(20)34-23/h2-7,14,17-18,25H,8-13,15H2,1H3,(H,27,28,29,30). The van der Waals surface area contributed by atoms with E-state index in [9.17, 15) is 0 Å². The van der Waals surface area contributed by atoms with E-state index in [0.717, 1.165) is 68.0 Å². The molecule has 1 saturated heterocycles. The van der Waals surface area contributed by atoms with Crippen LogP contribution in [0, 0.1) is 0 Å². The Labute approximate surface area is 202 Å². The number of nitrogens with one attached hydrogen (secondary N) is 2. The van der Waals surface area contributed by atoms with Crippen LogP contribution in [0.15, 0.2) is 42.5 Å². The molecule has 0 radical (unpaired) electrons. The van der Waals surface area contributed by atoms with Crippen molar-refractivity contribution in [3.05, 3.63) is 47.5 Å². The smallest absolute Gasteiger partial charge is 0.206 e. The number of H-pyrrole nitrogens is 1. The fourth-order valence-corrected chi connectivity index (χ4v) is 5.80. The van der Waals surface area contributed by atoms with Gasteiger partial charge in [-0.1, -0.05) is 12.1 Å². The van der Waals surface area contributed by atoms with Gasteiger partial charge in [-0.2, -0.15) is 5.21 Å². The molecule has 0 unspecified atom stereocenters. The van der Waals surface area contributed by atoms with Gasteiger partial charge in [-0.15, -0.1) is 21.5 Å². The van der Waals surface area contributed by atoms with Crippen LogP contribution in [-0.4, -0.2) is 75.9 Å². The molecule has 6 rings (SSSR count). The third-order valence-corrected chi connectivity index (χ3v) is 7.81. The molecule has 9 nitrogen and oxygen atoms in total. The maximum absolute atomic E-state index is 5.43. The number of methoxy groups -OCH3 is 1. The monoisotopic (exact) mass is 476 g/mol. The quantitative estimate of drug-likeness (QED) is 0.419. The highest BCUT2D eigenvalue weighted by Gasteiger charge is 2.29. The van der Waals surface area contributed by atoms with Crippen LogP contribution in [0.25, 0.3) is 21.6 Å². The van der Waals surface area contributed by atoms with E-state index in [1.807, 2.05) is 0 Å². The minimum Gasteiger partial charge on any atom is -0.382 e. The van der Waals surface area contributed by atoms with E-state index in [1.54, 1.807) is 18.4 Å². The van der Waals surface area contributed by atoms with Gasteiger partial charge in [-0.05, 0) is 48.4 Å². The second-order valence-electron chi connectivity index (χ2n) is 8.98. The summed E-state index contributed by atoms with van der Waals surface area (Å²) in [6.45, 7) is 4.74. The van der Waals surface area contributed by atoms with Crippen molar-refractivity contribution in [3.63, 3.8) is 0 Å². The lowest BCUT2D eigenvalue weighted by Gasteiger charge is -2.37. The van der Waals surface area contributed by atoms with Gasteiger partial charge in [0.25, 0.3) is 0 Å². The molecule has 0 spiro atoms. The first kappa shape index (κ1) is 21.5. The second-order valence-corrected chi connectivity index (χ2v) is 10.1. The minimum atomic E-state index is 0.374. The number of ether oxygens (including phenoxy) is 1. The highest BCUT2D eigenvalue weighted by Crippen LogP contribution is 2.34. The first-order chi connectivity index (χ1) is 16.7. The number of aromatic amines is 1. The maximum atomic E-state index is 5.43. The molecule has 0 amide bonds. The molecular formula is C24H28N8OS. The number of aromatic nitrogens is 5. The van der Waals surface area contributed by atoms with Gasteiger partial charge in [0.2, 0.25) is 5.82 Å². The highest BCUT2D eigenvalue weighted by molar-refractivity contribution is 7.18. The molecule has 0 bridgehead atoms. The number of thiazole rings is 1. The van der Waals surface area contributed by atoms with Crippen LogP contribution in [0.5, 0.6) is 0 Å². The molecule has 2 fully saturated rings. The molecule has 2 N–H and O–H groups in total. The number of hydrogen-bond acceptors (Lipinski definition) is 9. The Morgan fingerprint density at radius 1 is 1.12 bits per heavy atom. The summed E-state index contributed by atoms with van der Waals surface area (Å²) in [4.78, 5) is 9.74. The van der Waals surface area contributed by atoms with Crippen LogP contribution in [-0.2, 0) is 11.3 Å². The Hall–Kier alpha value is -3.08. The fourth-order valence-electron chi connectivity index (χ4n) is 4.79. The van der Waals surface area contributed by atoms with Gasteiger partial charge in [0.15, 0.2) is 0 Å². The summed E-state index contributed by atoms with van der Waals surface area (Å²) in [7, 11) is 1.79. The van der Waals surface area contributed by atoms with Crippen molar-refractivity contribution in [1.82, 2.24) is 30.5 Å². The average molecular weight is 477 g/mol. The molecule has 0 atom stereocenters. The topological polar surface area (TPSA) is 95.1 Å². The zero-order chi connectivity index (χ0) is 22.9. The summed E-state index contributed by atoms with van der Waals surface area (Å²) in [6, 6.07) is 15.3. The number of rotatable bonds is 7. The molecule has 10 heteroatoms. The third kappa shape index (κ3) is 4.36. The van der Waals surface area contributed by atoms with E-state index in [0.29, 0.717) is 18.0 Å². The summed E-state index contributed by atoms with van der Waals surface area (Å²) >= 11 is 1.80. The van der Waals surface area contributed by atoms with Gasteiger partial charge in [0.1, 0.15) is 5.01 Å². The number of para-hydroxylation sites is 1. The van der Waals surface area contributed by atoms with Gasteiger partial charge >= 0.3 is 0 Å². The molecule has 2 aromatic heterocycles. The summed E-state index contributed by atoms with van der Waals surface area (Å²) < 4.78 is 6.69. The van der Waals surface area contributed by atoms with Crippen molar-refractivity contribution in [2.45, 2.75) is 31.5 Å². The van der Waals surface area contributed by atoms with Crippen molar-refractivity contribution < 1.29 is 4.74 Å². The van der Waals surface area contributed by atoms with Crippen LogP contribution in [0.4, 0.5) is 11.4 Å². The van der Waals surface area contributed by atoms with Gasteiger partial charge in [0.05, 0.1) is 28.6 Å². The van der Waals surface area contributed by atoms with Gasteiger partial charge in [0, 0.05) is 50.6 Å². The van der Waals surface area contributed by atoms with Crippen molar-refractivity contribution in [3.8, 4) is 11.4 Å². The van der Waals surface area contributed by atoms with E-state index in [2.05, 4.69) is 78.2 Å². The summed E-state index contributed by atoms with van der Waals surface area (Å²) in [6.07, 6.45) is 2.46. The van der Waals surface area contributed by atoms with Gasteiger partial charge in [-0.3, -0.25) is 4.90 Å². The van der Waals surface area contributed by atoms with Crippen LogP contribution >= 0.6 is 11.3 Å². The van der Waals surface area contributed by atoms with E-state index < -0.39 is 0 Å². The number of anilines is 2. The Morgan fingerprint density at radius 2 is 1.97 bits per heavy atom. The number of hydrogen-bond donors (Lipinski definition) is 2. The number of piperazine rings is 1. The molecule has 1 aliphatic heterocycles. The molecule has 1 saturated carbocycles. The minimum absolute atomic E-state index is 0.374. The number of benzene rings is 2. The second kappa shape index (κ2) is 9.28. The number of tetrazole rings is 1. The molecule has 3 heterocycles. The first-order valence-corrected chi connectivity index (χ1v) is 12.6. The van der Waals surface area contributed by atoms with Gasteiger partial charge in [-0.25, -0.2) is 4.98 Å². The lowest BCUT2D eigenvalue weighted by molar-refractivity contribution is 0.0329. The summed E-state index contributed by atoms with van der Waals surface area (Å²) in [5.41, 5.74) is 4.37. The SMILES string of the molecule is COC1CC(Nc2ccc(-c3nn[nH]n3)c(N3CCN(Cc4nc5ccccc5s4)CC3)c2)C1. The van der Waals surface area contributed by atoms with E-state index in [4.69, 9.17) is 9.72 Å². The van der Waals surface area contributed by atoms with Crippen LogP contribution in [0.1, 0.15) is 17.8 Å². The third-order valence-electron chi connectivity index (χ3n) is 6.79. The Balaban J connectivity index is 1.16. The first-order valence-electron chi connectivity index (χ1n) is 11.7. The molecule has 176 valence electrons. The van der Waals surface area contributed by atoms with E-state index in [1.165, 1.54) is 9.71 Å². The highest BCUT2D eigenvalue weighted by atomic mass is 32.1. The zero-order valence-electron chi connectivity index (χ0n) is 19.1. The van der Waals surface area contributed by atoms with E-state index in [-0.39, 0.29) is 0 Å². The van der Waals surface area contributed by atoms with Crippen molar-refractivity contribution >= 4 is 32.9 Å². The number of fused-ring (bicyclic) bond motifs is 1. The largest absolute Gasteiger partial charge is 0.382 e. The predicted molar refractivity (Wildman–Crippen MR) is 134 cm³/mol. The van der Waals surface area contributed by atoms with Crippen LogP contribution in [0.2, 0.25) is 0 Å². The molecule has 2 aromatic carbocycles. The van der Waals surface area contributed by atoms with E-state index >= 15 is 0 Å². The van der Waals surface area contributed by atoms with Gasteiger partial charge < -0.3 is 15.0 Å². The van der Waals surface area contributed by atoms with Crippen LogP contribution < -0.4 is 10.2 Å². The predicted octanol–water partition coefficient (Wildman–Crippen LogP) is 3.39. The summed E-state index contributed by atoms with van der Waals surface area (Å²) in [5.74, 6) is 0.626. The molecule has 1 aliphatic carbocycles. The average Bonchev–Trinajstić information content (AvgIpc) is 3.51.